The molecule has 3 rings (SSSR count). The normalized spacial score (nSPS) is 11.9. The Bertz CT molecular complexity index is 806. The highest BCUT2D eigenvalue weighted by Crippen LogP contribution is 2.32. The van der Waals surface area contributed by atoms with Gasteiger partial charge in [-0.05, 0) is 35.9 Å². The standard InChI is InChI=1S/C19H20N2O5/c1-24-8-7-20-18(22)14-3-2-4-15(10-14)19(23)21-11-13-5-6-16-17(9-13)26-12-25-16/h2-6,9-10H,7-8,11-12H2,1H3,(H,20,22)(H,21,23). The number of amides is 2. The van der Waals surface area contributed by atoms with Crippen molar-refractivity contribution in [3.05, 3.63) is 59.2 Å². The number of nitrogens with one attached hydrogen (secondary N) is 2. The molecule has 1 heterocycles. The molecule has 1 aliphatic heterocycles. The summed E-state index contributed by atoms with van der Waals surface area (Å²) in [5.41, 5.74) is 1.75. The number of fused-ring (bicyclic) bond motifs is 1. The summed E-state index contributed by atoms with van der Waals surface area (Å²) in [6.07, 6.45) is 0. The summed E-state index contributed by atoms with van der Waals surface area (Å²) in [4.78, 5) is 24.4. The highest BCUT2D eigenvalue weighted by molar-refractivity contribution is 5.99. The molecule has 2 N–H and O–H groups in total. The highest BCUT2D eigenvalue weighted by atomic mass is 16.7. The monoisotopic (exact) mass is 356 g/mol. The Labute approximate surface area is 151 Å². The molecule has 0 spiro atoms. The minimum Gasteiger partial charge on any atom is -0.454 e. The fraction of sp³-hybridized carbons (Fsp3) is 0.263. The van der Waals surface area contributed by atoms with Gasteiger partial charge in [-0.1, -0.05) is 12.1 Å². The van der Waals surface area contributed by atoms with Crippen molar-refractivity contribution in [3.63, 3.8) is 0 Å². The third kappa shape index (κ3) is 4.31. The van der Waals surface area contributed by atoms with Crippen LogP contribution >= 0.6 is 0 Å². The van der Waals surface area contributed by atoms with Crippen molar-refractivity contribution in [2.24, 2.45) is 0 Å². The van der Waals surface area contributed by atoms with Gasteiger partial charge in [0.1, 0.15) is 0 Å². The SMILES string of the molecule is COCCNC(=O)c1cccc(C(=O)NCc2ccc3c(c2)OCO3)c1. The van der Waals surface area contributed by atoms with Gasteiger partial charge in [-0.15, -0.1) is 0 Å². The first-order valence-corrected chi connectivity index (χ1v) is 8.21. The summed E-state index contributed by atoms with van der Waals surface area (Å²) in [5, 5.41) is 5.56. The molecule has 0 aliphatic carbocycles. The molecular weight excluding hydrogens is 336 g/mol. The van der Waals surface area contributed by atoms with Gasteiger partial charge in [0.2, 0.25) is 6.79 Å². The van der Waals surface area contributed by atoms with Crippen molar-refractivity contribution in [2.45, 2.75) is 6.54 Å². The lowest BCUT2D eigenvalue weighted by Gasteiger charge is -2.08. The number of ether oxygens (including phenoxy) is 3. The number of benzene rings is 2. The molecule has 2 aromatic carbocycles. The number of carbonyl (C=O) groups excluding carboxylic acids is 2. The Morgan fingerprint density at radius 2 is 1.73 bits per heavy atom. The molecule has 26 heavy (non-hydrogen) atoms. The minimum atomic E-state index is -0.255. The van der Waals surface area contributed by atoms with E-state index in [9.17, 15) is 9.59 Å². The highest BCUT2D eigenvalue weighted by Gasteiger charge is 2.14. The molecule has 0 saturated carbocycles. The van der Waals surface area contributed by atoms with Crippen molar-refractivity contribution >= 4 is 11.8 Å². The molecule has 2 amide bonds. The van der Waals surface area contributed by atoms with Crippen LogP contribution in [0.25, 0.3) is 0 Å². The van der Waals surface area contributed by atoms with E-state index in [2.05, 4.69) is 10.6 Å². The molecule has 7 heteroatoms. The van der Waals surface area contributed by atoms with E-state index in [-0.39, 0.29) is 18.6 Å². The molecule has 0 saturated heterocycles. The lowest BCUT2D eigenvalue weighted by molar-refractivity contribution is 0.0937. The maximum atomic E-state index is 12.4. The number of rotatable bonds is 7. The topological polar surface area (TPSA) is 85.9 Å². The van der Waals surface area contributed by atoms with E-state index >= 15 is 0 Å². The summed E-state index contributed by atoms with van der Waals surface area (Å²) >= 11 is 0. The number of carbonyl (C=O) groups is 2. The zero-order chi connectivity index (χ0) is 18.4. The van der Waals surface area contributed by atoms with E-state index in [0.29, 0.717) is 42.3 Å². The lowest BCUT2D eigenvalue weighted by Crippen LogP contribution is -2.27. The average Bonchev–Trinajstić information content (AvgIpc) is 3.14. The van der Waals surface area contributed by atoms with E-state index in [0.717, 1.165) is 5.56 Å². The van der Waals surface area contributed by atoms with Gasteiger partial charge >= 0.3 is 0 Å². The average molecular weight is 356 g/mol. The largest absolute Gasteiger partial charge is 0.454 e. The predicted octanol–water partition coefficient (Wildman–Crippen LogP) is 1.72. The molecule has 0 unspecified atom stereocenters. The second kappa shape index (κ2) is 8.35. The fourth-order valence-electron chi connectivity index (χ4n) is 2.51. The molecule has 0 fully saturated rings. The van der Waals surface area contributed by atoms with Crippen molar-refractivity contribution < 1.29 is 23.8 Å². The number of hydrogen-bond acceptors (Lipinski definition) is 5. The van der Waals surface area contributed by atoms with Gasteiger partial charge in [0, 0.05) is 31.3 Å². The molecular formula is C19H20N2O5. The third-order valence-electron chi connectivity index (χ3n) is 3.87. The molecule has 136 valence electrons. The second-order valence-corrected chi connectivity index (χ2v) is 5.70. The van der Waals surface area contributed by atoms with Crippen LogP contribution in [0.3, 0.4) is 0 Å². The smallest absolute Gasteiger partial charge is 0.251 e. The first kappa shape index (κ1) is 17.8. The van der Waals surface area contributed by atoms with Crippen LogP contribution in [-0.4, -0.2) is 38.9 Å². The molecule has 7 nitrogen and oxygen atoms in total. The third-order valence-corrected chi connectivity index (χ3v) is 3.87. The maximum absolute atomic E-state index is 12.4. The zero-order valence-electron chi connectivity index (χ0n) is 14.4. The van der Waals surface area contributed by atoms with Crippen molar-refractivity contribution in [1.29, 1.82) is 0 Å². The Morgan fingerprint density at radius 1 is 1.00 bits per heavy atom. The summed E-state index contributed by atoms with van der Waals surface area (Å²) in [5.74, 6) is 0.875. The van der Waals surface area contributed by atoms with Gasteiger partial charge < -0.3 is 24.8 Å². The van der Waals surface area contributed by atoms with Gasteiger partial charge in [0.25, 0.3) is 11.8 Å². The quantitative estimate of drug-likeness (QED) is 0.738. The molecule has 1 aliphatic rings. The molecule has 0 bridgehead atoms. The van der Waals surface area contributed by atoms with Gasteiger partial charge in [-0.25, -0.2) is 0 Å². The summed E-state index contributed by atoms with van der Waals surface area (Å²) < 4.78 is 15.5. The molecule has 0 atom stereocenters. The Morgan fingerprint density at radius 3 is 2.50 bits per heavy atom. The van der Waals surface area contributed by atoms with Crippen LogP contribution in [0.15, 0.2) is 42.5 Å². The Kier molecular flexibility index (Phi) is 5.70. The van der Waals surface area contributed by atoms with Crippen LogP contribution in [0.1, 0.15) is 26.3 Å². The molecule has 2 aromatic rings. The van der Waals surface area contributed by atoms with E-state index < -0.39 is 0 Å². The first-order valence-electron chi connectivity index (χ1n) is 8.21. The summed E-state index contributed by atoms with van der Waals surface area (Å²) in [6.45, 7) is 1.40. The van der Waals surface area contributed by atoms with E-state index in [4.69, 9.17) is 14.2 Å². The van der Waals surface area contributed by atoms with E-state index in [1.807, 2.05) is 18.2 Å². The van der Waals surface area contributed by atoms with Gasteiger partial charge in [0.05, 0.1) is 6.61 Å². The van der Waals surface area contributed by atoms with Gasteiger partial charge in [0.15, 0.2) is 11.5 Å². The summed E-state index contributed by atoms with van der Waals surface area (Å²) in [6, 6.07) is 12.1. The van der Waals surface area contributed by atoms with Crippen LogP contribution < -0.4 is 20.1 Å². The van der Waals surface area contributed by atoms with Crippen LogP contribution in [0, 0.1) is 0 Å². The van der Waals surface area contributed by atoms with Crippen LogP contribution in [0.5, 0.6) is 11.5 Å². The minimum absolute atomic E-state index is 0.213. The van der Waals surface area contributed by atoms with Crippen LogP contribution in [0.2, 0.25) is 0 Å². The number of methoxy groups -OCH3 is 1. The fourth-order valence-corrected chi connectivity index (χ4v) is 2.51. The maximum Gasteiger partial charge on any atom is 0.251 e. The van der Waals surface area contributed by atoms with E-state index in [1.54, 1.807) is 31.4 Å². The van der Waals surface area contributed by atoms with Crippen molar-refractivity contribution in [3.8, 4) is 11.5 Å². The van der Waals surface area contributed by atoms with E-state index in [1.165, 1.54) is 0 Å². The predicted molar refractivity (Wildman–Crippen MR) is 94.4 cm³/mol. The van der Waals surface area contributed by atoms with Gasteiger partial charge in [-0.3, -0.25) is 9.59 Å². The van der Waals surface area contributed by atoms with Crippen LogP contribution in [0.4, 0.5) is 0 Å². The van der Waals surface area contributed by atoms with Crippen LogP contribution in [-0.2, 0) is 11.3 Å². The van der Waals surface area contributed by atoms with Crippen molar-refractivity contribution in [1.82, 2.24) is 10.6 Å². The molecule has 0 radical (unpaired) electrons. The lowest BCUT2D eigenvalue weighted by atomic mass is 10.1. The second-order valence-electron chi connectivity index (χ2n) is 5.70. The first-order chi connectivity index (χ1) is 12.7. The summed E-state index contributed by atoms with van der Waals surface area (Å²) in [7, 11) is 1.57. The Hall–Kier alpha value is -3.06. The Balaban J connectivity index is 1.59. The van der Waals surface area contributed by atoms with Crippen molar-refractivity contribution in [2.75, 3.05) is 27.1 Å². The number of hydrogen-bond donors (Lipinski definition) is 2. The van der Waals surface area contributed by atoms with Gasteiger partial charge in [-0.2, -0.15) is 0 Å². The molecule has 0 aromatic heterocycles. The zero-order valence-corrected chi connectivity index (χ0v) is 14.4.